The van der Waals surface area contributed by atoms with Crippen molar-refractivity contribution >= 4 is 44.8 Å². The van der Waals surface area contributed by atoms with Gasteiger partial charge in [-0.3, -0.25) is 19.9 Å². The molecule has 0 aliphatic heterocycles. The highest BCUT2D eigenvalue weighted by Gasteiger charge is 2.31. The van der Waals surface area contributed by atoms with Gasteiger partial charge in [0.2, 0.25) is 0 Å². The average molecular weight is 531 g/mol. The van der Waals surface area contributed by atoms with E-state index in [-0.39, 0.29) is 28.6 Å². The summed E-state index contributed by atoms with van der Waals surface area (Å²) in [7, 11) is 0. The number of halogens is 5. The van der Waals surface area contributed by atoms with Crippen LogP contribution in [0.15, 0.2) is 59.2 Å². The van der Waals surface area contributed by atoms with Gasteiger partial charge in [-0.05, 0) is 52.3 Å². The first-order chi connectivity index (χ1) is 15.0. The molecule has 0 atom stereocenters. The molecule has 0 unspecified atom stereocenters. The summed E-state index contributed by atoms with van der Waals surface area (Å²) in [6.07, 6.45) is -3.87. The van der Waals surface area contributed by atoms with E-state index in [9.17, 15) is 28.1 Å². The van der Waals surface area contributed by atoms with Gasteiger partial charge in [-0.15, -0.1) is 0 Å². The molecule has 1 aromatic heterocycles. The van der Waals surface area contributed by atoms with Crippen LogP contribution in [0.2, 0.25) is 5.02 Å². The minimum absolute atomic E-state index is 0.0857. The lowest BCUT2D eigenvalue weighted by Crippen LogP contribution is -2.13. The third kappa shape index (κ3) is 5.74. The molecule has 0 spiro atoms. The van der Waals surface area contributed by atoms with Gasteiger partial charge in [-0.1, -0.05) is 11.6 Å². The van der Waals surface area contributed by atoms with Crippen molar-refractivity contribution in [3.63, 3.8) is 0 Å². The smallest absolute Gasteiger partial charge is 0.417 e. The fourth-order valence-electron chi connectivity index (χ4n) is 2.51. The summed E-state index contributed by atoms with van der Waals surface area (Å²) in [5, 5.41) is 13.3. The minimum Gasteiger partial charge on any atom is -0.487 e. The fourth-order valence-corrected chi connectivity index (χ4v) is 3.16. The Labute approximate surface area is 192 Å². The number of rotatable bonds is 6. The maximum atomic E-state index is 12.7. The van der Waals surface area contributed by atoms with Gasteiger partial charge in [-0.25, -0.2) is 0 Å². The van der Waals surface area contributed by atoms with Gasteiger partial charge in [0.15, 0.2) is 0 Å². The first-order valence-electron chi connectivity index (χ1n) is 8.74. The molecular weight excluding hydrogens is 519 g/mol. The lowest BCUT2D eigenvalue weighted by molar-refractivity contribution is -0.384. The van der Waals surface area contributed by atoms with E-state index in [0.717, 1.165) is 12.1 Å². The van der Waals surface area contributed by atoms with Crippen LogP contribution in [0.5, 0.6) is 5.75 Å². The van der Waals surface area contributed by atoms with Crippen molar-refractivity contribution in [2.45, 2.75) is 12.8 Å². The van der Waals surface area contributed by atoms with Gasteiger partial charge < -0.3 is 10.1 Å². The van der Waals surface area contributed by atoms with Crippen LogP contribution in [-0.2, 0) is 12.8 Å². The average Bonchev–Trinajstić information content (AvgIpc) is 2.73. The van der Waals surface area contributed by atoms with Crippen LogP contribution in [-0.4, -0.2) is 15.8 Å². The molecule has 0 saturated carbocycles. The highest BCUT2D eigenvalue weighted by molar-refractivity contribution is 9.10. The second kappa shape index (κ2) is 9.53. The molecular formula is C20H12BrClF3N3O4. The second-order valence-electron chi connectivity index (χ2n) is 6.34. The quantitative estimate of drug-likeness (QED) is 0.300. The number of hydrogen-bond donors (Lipinski definition) is 1. The molecule has 0 fully saturated rings. The zero-order valence-corrected chi connectivity index (χ0v) is 18.2. The van der Waals surface area contributed by atoms with Crippen molar-refractivity contribution in [3.05, 3.63) is 91.2 Å². The van der Waals surface area contributed by atoms with Crippen LogP contribution in [0.1, 0.15) is 21.6 Å². The van der Waals surface area contributed by atoms with Crippen molar-refractivity contribution in [1.82, 2.24) is 4.98 Å². The van der Waals surface area contributed by atoms with Crippen molar-refractivity contribution in [3.8, 4) is 5.75 Å². The van der Waals surface area contributed by atoms with E-state index >= 15 is 0 Å². The SMILES string of the molecule is O=C(Nc1ccc(OCc2ncc(C(F)(F)F)cc2Cl)cc1)c1cc([N+](=O)[O-])ccc1Br. The summed E-state index contributed by atoms with van der Waals surface area (Å²) in [6, 6.07) is 10.7. The molecule has 12 heteroatoms. The molecule has 1 N–H and O–H groups in total. The fraction of sp³-hybridized carbons (Fsp3) is 0.100. The molecule has 3 aromatic rings. The summed E-state index contributed by atoms with van der Waals surface area (Å²) in [5.41, 5.74) is -0.569. The lowest BCUT2D eigenvalue weighted by atomic mass is 10.2. The number of nitro benzene ring substituents is 1. The highest BCUT2D eigenvalue weighted by Crippen LogP contribution is 2.31. The molecule has 0 bridgehead atoms. The molecule has 3 rings (SSSR count). The topological polar surface area (TPSA) is 94.4 Å². The number of aromatic nitrogens is 1. The van der Waals surface area contributed by atoms with Crippen LogP contribution < -0.4 is 10.1 Å². The number of non-ortho nitro benzene ring substituents is 1. The van der Waals surface area contributed by atoms with Crippen molar-refractivity contribution in [2.75, 3.05) is 5.32 Å². The van der Waals surface area contributed by atoms with Crippen LogP contribution in [0, 0.1) is 10.1 Å². The summed E-state index contributed by atoms with van der Waals surface area (Å²) in [5.74, 6) is -0.202. The zero-order valence-electron chi connectivity index (χ0n) is 15.8. The van der Waals surface area contributed by atoms with E-state index in [1.165, 1.54) is 36.4 Å². The van der Waals surface area contributed by atoms with E-state index in [2.05, 4.69) is 26.2 Å². The van der Waals surface area contributed by atoms with E-state index < -0.39 is 22.6 Å². The zero-order chi connectivity index (χ0) is 23.5. The van der Waals surface area contributed by atoms with Gasteiger partial charge in [0.1, 0.15) is 12.4 Å². The molecule has 0 saturated heterocycles. The largest absolute Gasteiger partial charge is 0.487 e. The molecule has 0 radical (unpaired) electrons. The Hall–Kier alpha value is -3.18. The van der Waals surface area contributed by atoms with Crippen LogP contribution >= 0.6 is 27.5 Å². The molecule has 0 aliphatic rings. The number of pyridine rings is 1. The molecule has 2 aromatic carbocycles. The summed E-state index contributed by atoms with van der Waals surface area (Å²) >= 11 is 9.04. The maximum Gasteiger partial charge on any atom is 0.417 e. The molecule has 0 aliphatic carbocycles. The molecule has 32 heavy (non-hydrogen) atoms. The van der Waals surface area contributed by atoms with Gasteiger partial charge in [-0.2, -0.15) is 13.2 Å². The number of anilines is 1. The Kier molecular flexibility index (Phi) is 6.99. The Morgan fingerprint density at radius 1 is 1.19 bits per heavy atom. The Bertz CT molecular complexity index is 1170. The number of benzene rings is 2. The summed E-state index contributed by atoms with van der Waals surface area (Å²) < 4.78 is 43.9. The maximum absolute atomic E-state index is 12.7. The van der Waals surface area contributed by atoms with E-state index in [1.807, 2.05) is 0 Å². The first-order valence-corrected chi connectivity index (χ1v) is 9.91. The summed E-state index contributed by atoms with van der Waals surface area (Å²) in [4.78, 5) is 26.4. The minimum atomic E-state index is -4.55. The van der Waals surface area contributed by atoms with Crippen molar-refractivity contribution in [2.24, 2.45) is 0 Å². The number of nitro groups is 1. The number of alkyl halides is 3. The Morgan fingerprint density at radius 3 is 2.47 bits per heavy atom. The van der Waals surface area contributed by atoms with E-state index in [0.29, 0.717) is 22.1 Å². The normalized spacial score (nSPS) is 11.2. The standard InChI is InChI=1S/C20H12BrClF3N3O4/c21-16-6-3-13(28(30)31)8-15(16)19(29)27-12-1-4-14(5-2-12)32-10-18-17(22)7-11(9-26-18)20(23,24)25/h1-9H,10H2,(H,27,29). The van der Waals surface area contributed by atoms with Crippen LogP contribution in [0.3, 0.4) is 0 Å². The number of nitrogens with zero attached hydrogens (tertiary/aromatic N) is 2. The predicted octanol–water partition coefficient (Wildman–Crippen LogP) is 6.26. The van der Waals surface area contributed by atoms with E-state index in [1.54, 1.807) is 0 Å². The van der Waals surface area contributed by atoms with Gasteiger partial charge in [0.05, 0.1) is 26.8 Å². The monoisotopic (exact) mass is 529 g/mol. The predicted molar refractivity (Wildman–Crippen MR) is 114 cm³/mol. The molecule has 166 valence electrons. The number of amides is 1. The highest BCUT2D eigenvalue weighted by atomic mass is 79.9. The van der Waals surface area contributed by atoms with Crippen molar-refractivity contribution in [1.29, 1.82) is 0 Å². The number of carbonyl (C=O) groups is 1. The molecule has 7 nitrogen and oxygen atoms in total. The third-order valence-corrected chi connectivity index (χ3v) is 5.16. The van der Waals surface area contributed by atoms with Crippen LogP contribution in [0.25, 0.3) is 0 Å². The van der Waals surface area contributed by atoms with Crippen molar-refractivity contribution < 1.29 is 27.6 Å². The molecule has 1 amide bonds. The number of ether oxygens (including phenoxy) is 1. The van der Waals surface area contributed by atoms with Gasteiger partial charge in [0.25, 0.3) is 11.6 Å². The second-order valence-corrected chi connectivity index (χ2v) is 7.60. The van der Waals surface area contributed by atoms with E-state index in [4.69, 9.17) is 16.3 Å². The Balaban J connectivity index is 1.64. The molecule has 1 heterocycles. The summed E-state index contributed by atoms with van der Waals surface area (Å²) in [6.45, 7) is -0.163. The first kappa shape index (κ1) is 23.5. The number of hydrogen-bond acceptors (Lipinski definition) is 5. The van der Waals surface area contributed by atoms with Gasteiger partial charge >= 0.3 is 6.18 Å². The number of nitrogens with one attached hydrogen (secondary N) is 1. The third-order valence-electron chi connectivity index (χ3n) is 4.14. The van der Waals surface area contributed by atoms with Gasteiger partial charge in [0, 0.05) is 28.5 Å². The van der Waals surface area contributed by atoms with Crippen LogP contribution in [0.4, 0.5) is 24.5 Å². The lowest BCUT2D eigenvalue weighted by Gasteiger charge is -2.11. The Morgan fingerprint density at radius 2 is 1.88 bits per heavy atom. The number of carbonyl (C=O) groups excluding carboxylic acids is 1.